The van der Waals surface area contributed by atoms with Gasteiger partial charge in [0.2, 0.25) is 5.91 Å². The monoisotopic (exact) mass is 392 g/mol. The van der Waals surface area contributed by atoms with Crippen molar-refractivity contribution in [3.8, 4) is 0 Å². The lowest BCUT2D eigenvalue weighted by Gasteiger charge is -2.16. The average molecular weight is 393 g/mol. The number of carbonyl (C=O) groups is 1. The topological polar surface area (TPSA) is 41.1 Å². The van der Waals surface area contributed by atoms with Gasteiger partial charge in [0.1, 0.15) is 0 Å². The van der Waals surface area contributed by atoms with Gasteiger partial charge in [-0.3, -0.25) is 4.79 Å². The van der Waals surface area contributed by atoms with Crippen LogP contribution in [0.4, 0.5) is 11.4 Å². The molecule has 0 bridgehead atoms. The number of hydrogen-bond acceptors (Lipinski definition) is 3. The Balaban J connectivity index is 2.05. The van der Waals surface area contributed by atoms with Gasteiger partial charge in [-0.25, -0.2) is 0 Å². The molecule has 2 N–H and O–H groups in total. The van der Waals surface area contributed by atoms with Crippen molar-refractivity contribution in [2.75, 3.05) is 10.6 Å². The molecule has 2 rings (SSSR count). The Morgan fingerprint density at radius 3 is 2.39 bits per heavy atom. The summed E-state index contributed by atoms with van der Waals surface area (Å²) in [6, 6.07) is 13.9. The molecule has 0 fully saturated rings. The van der Waals surface area contributed by atoms with Crippen LogP contribution < -0.4 is 10.6 Å². The van der Waals surface area contributed by atoms with E-state index >= 15 is 0 Å². The van der Waals surface area contributed by atoms with Gasteiger partial charge >= 0.3 is 0 Å². The van der Waals surface area contributed by atoms with Crippen molar-refractivity contribution in [3.05, 3.63) is 94.4 Å². The first-order valence-electron chi connectivity index (χ1n) is 9.19. The first kappa shape index (κ1) is 21.6. The Kier molecular flexibility index (Phi) is 7.70. The van der Waals surface area contributed by atoms with Crippen molar-refractivity contribution < 1.29 is 4.79 Å². The molecule has 1 unspecified atom stereocenters. The van der Waals surface area contributed by atoms with Crippen LogP contribution in [0.15, 0.2) is 77.7 Å². The molecule has 1 atom stereocenters. The molecule has 2 aromatic carbocycles. The van der Waals surface area contributed by atoms with Crippen LogP contribution >= 0.6 is 11.8 Å². The molecule has 28 heavy (non-hydrogen) atoms. The Labute approximate surface area is 172 Å². The Bertz CT molecular complexity index is 897. The van der Waals surface area contributed by atoms with Gasteiger partial charge in [-0.1, -0.05) is 43.0 Å². The molecule has 3 nitrogen and oxygen atoms in total. The quantitative estimate of drug-likeness (QED) is 0.488. The minimum atomic E-state index is -0.214. The van der Waals surface area contributed by atoms with E-state index < -0.39 is 0 Å². The summed E-state index contributed by atoms with van der Waals surface area (Å²) < 4.78 is 0. The second-order valence-corrected chi connectivity index (χ2v) is 7.70. The molecule has 0 radical (unpaired) electrons. The first-order valence-corrected chi connectivity index (χ1v) is 10.1. The van der Waals surface area contributed by atoms with E-state index in [1.165, 1.54) is 17.3 Å². The minimum absolute atomic E-state index is 0.0198. The van der Waals surface area contributed by atoms with E-state index in [2.05, 4.69) is 23.8 Å². The maximum Gasteiger partial charge on any atom is 0.231 e. The first-order chi connectivity index (χ1) is 13.3. The van der Waals surface area contributed by atoms with Gasteiger partial charge < -0.3 is 10.6 Å². The summed E-state index contributed by atoms with van der Waals surface area (Å²) >= 11 is 1.52. The Morgan fingerprint density at radius 1 is 1.11 bits per heavy atom. The molecular formula is C24H28N2OS. The van der Waals surface area contributed by atoms with Crippen molar-refractivity contribution in [2.45, 2.75) is 33.6 Å². The number of carbonyl (C=O) groups excluding carboxylic acids is 1. The molecule has 2 aromatic rings. The van der Waals surface area contributed by atoms with Crippen molar-refractivity contribution in [1.29, 1.82) is 0 Å². The summed E-state index contributed by atoms with van der Waals surface area (Å²) in [4.78, 5) is 12.6. The third-order valence-corrected chi connectivity index (χ3v) is 5.25. The zero-order valence-corrected chi connectivity index (χ0v) is 17.8. The van der Waals surface area contributed by atoms with Gasteiger partial charge in [0.25, 0.3) is 0 Å². The van der Waals surface area contributed by atoms with Gasteiger partial charge in [-0.2, -0.15) is 0 Å². The molecule has 0 heterocycles. The van der Waals surface area contributed by atoms with Gasteiger partial charge in [0.15, 0.2) is 0 Å². The van der Waals surface area contributed by atoms with Crippen LogP contribution in [0.5, 0.6) is 0 Å². The fourth-order valence-corrected chi connectivity index (χ4v) is 3.06. The predicted octanol–water partition coefficient (Wildman–Crippen LogP) is 6.75. The molecule has 0 saturated carbocycles. The van der Waals surface area contributed by atoms with E-state index in [1.807, 2.05) is 75.6 Å². The summed E-state index contributed by atoms with van der Waals surface area (Å²) in [5, 5.41) is 10.1. The predicted molar refractivity (Wildman–Crippen MR) is 124 cm³/mol. The molecule has 1 amide bonds. The van der Waals surface area contributed by atoms with E-state index in [0.717, 1.165) is 33.8 Å². The maximum absolute atomic E-state index is 12.6. The molecule has 0 aliphatic carbocycles. The van der Waals surface area contributed by atoms with E-state index in [9.17, 15) is 4.79 Å². The maximum atomic E-state index is 12.6. The highest BCUT2D eigenvalue weighted by molar-refractivity contribution is 8.04. The highest BCUT2D eigenvalue weighted by atomic mass is 32.2. The number of benzene rings is 2. The summed E-state index contributed by atoms with van der Waals surface area (Å²) in [5.41, 5.74) is 6.86. The smallest absolute Gasteiger partial charge is 0.231 e. The molecule has 0 aliphatic rings. The zero-order valence-electron chi connectivity index (χ0n) is 17.0. The lowest BCUT2D eigenvalue weighted by molar-refractivity contribution is -0.117. The SMILES string of the molecule is C=CS/C=C(\C)C(=C)Nc1ccc(NC(=O)C(C)c2ccc(C)cc2)cc1C. The molecule has 0 saturated heterocycles. The largest absolute Gasteiger partial charge is 0.356 e. The van der Waals surface area contributed by atoms with Crippen molar-refractivity contribution in [1.82, 2.24) is 0 Å². The van der Waals surface area contributed by atoms with Crippen LogP contribution in [-0.4, -0.2) is 5.91 Å². The van der Waals surface area contributed by atoms with E-state index in [0.29, 0.717) is 0 Å². The number of thioether (sulfide) groups is 1. The highest BCUT2D eigenvalue weighted by Gasteiger charge is 2.15. The summed E-state index contributed by atoms with van der Waals surface area (Å²) in [6.45, 7) is 15.7. The van der Waals surface area contributed by atoms with E-state index in [4.69, 9.17) is 0 Å². The molecule has 0 aliphatic heterocycles. The number of amides is 1. The van der Waals surface area contributed by atoms with Crippen molar-refractivity contribution >= 4 is 29.0 Å². The number of allylic oxidation sites excluding steroid dienone is 1. The number of nitrogens with one attached hydrogen (secondary N) is 2. The average Bonchev–Trinajstić information content (AvgIpc) is 2.68. The second-order valence-electron chi connectivity index (χ2n) is 6.86. The van der Waals surface area contributed by atoms with Gasteiger partial charge in [-0.05, 0) is 73.4 Å². The van der Waals surface area contributed by atoms with Gasteiger partial charge in [0, 0.05) is 17.1 Å². The summed E-state index contributed by atoms with van der Waals surface area (Å²) in [6.07, 6.45) is 0. The Morgan fingerprint density at radius 2 is 1.79 bits per heavy atom. The Hall–Kier alpha value is -2.72. The lowest BCUT2D eigenvalue weighted by atomic mass is 9.99. The minimum Gasteiger partial charge on any atom is -0.356 e. The molecule has 146 valence electrons. The van der Waals surface area contributed by atoms with Gasteiger partial charge in [0.05, 0.1) is 5.92 Å². The standard InChI is InChI=1S/C24H28N2OS/c1-7-28-15-18(4)20(6)25-23-13-12-22(14-17(23)3)26-24(27)19(5)21-10-8-16(2)9-11-21/h7-15,19,25H,1,6H2,2-5H3,(H,26,27)/b18-15+. The van der Waals surface area contributed by atoms with Crippen LogP contribution in [0.2, 0.25) is 0 Å². The zero-order chi connectivity index (χ0) is 20.7. The number of hydrogen-bond donors (Lipinski definition) is 2. The van der Waals surface area contributed by atoms with Crippen LogP contribution in [0.25, 0.3) is 0 Å². The molecule has 0 spiro atoms. The molecule has 4 heteroatoms. The van der Waals surface area contributed by atoms with Crippen LogP contribution in [0.3, 0.4) is 0 Å². The van der Waals surface area contributed by atoms with Crippen LogP contribution in [-0.2, 0) is 4.79 Å². The number of anilines is 2. The third-order valence-electron chi connectivity index (χ3n) is 4.57. The summed E-state index contributed by atoms with van der Waals surface area (Å²) in [7, 11) is 0. The van der Waals surface area contributed by atoms with Crippen molar-refractivity contribution in [3.63, 3.8) is 0 Å². The van der Waals surface area contributed by atoms with Gasteiger partial charge in [-0.15, -0.1) is 11.8 Å². The second kappa shape index (κ2) is 10.00. The van der Waals surface area contributed by atoms with E-state index in [1.54, 1.807) is 5.41 Å². The fourth-order valence-electron chi connectivity index (χ4n) is 2.62. The highest BCUT2D eigenvalue weighted by Crippen LogP contribution is 2.25. The molecular weight excluding hydrogens is 364 g/mol. The van der Waals surface area contributed by atoms with Crippen LogP contribution in [0.1, 0.15) is 36.5 Å². The third kappa shape index (κ3) is 5.89. The van der Waals surface area contributed by atoms with Crippen molar-refractivity contribution in [2.24, 2.45) is 0 Å². The normalized spacial score (nSPS) is 12.2. The van der Waals surface area contributed by atoms with Crippen LogP contribution in [0, 0.1) is 13.8 Å². The summed E-state index contributed by atoms with van der Waals surface area (Å²) in [5.74, 6) is -0.234. The fraction of sp³-hybridized carbons (Fsp3) is 0.208. The molecule has 0 aromatic heterocycles. The van der Waals surface area contributed by atoms with E-state index in [-0.39, 0.29) is 11.8 Å². The number of rotatable bonds is 8. The lowest BCUT2D eigenvalue weighted by Crippen LogP contribution is -2.19. The number of aryl methyl sites for hydroxylation is 2.